The van der Waals surface area contributed by atoms with Crippen LogP contribution in [0.15, 0.2) is 0 Å². The molecular weight excluding hydrogens is 152 g/mol. The van der Waals surface area contributed by atoms with Gasteiger partial charge < -0.3 is 11.5 Å². The first-order valence-electron chi connectivity index (χ1n) is 4.56. The molecule has 0 aromatic carbocycles. The maximum absolute atomic E-state index is 10.4. The van der Waals surface area contributed by atoms with Crippen LogP contribution in [0.5, 0.6) is 0 Å². The van der Waals surface area contributed by atoms with Crippen molar-refractivity contribution in [3.05, 3.63) is 0 Å². The van der Waals surface area contributed by atoms with Crippen LogP contribution < -0.4 is 11.5 Å². The molecule has 0 aromatic heterocycles. The molecule has 1 unspecified atom stereocenters. The van der Waals surface area contributed by atoms with E-state index in [0.29, 0.717) is 12.3 Å². The van der Waals surface area contributed by atoms with Crippen LogP contribution in [0, 0.1) is 5.92 Å². The van der Waals surface area contributed by atoms with Crippen molar-refractivity contribution in [2.45, 2.75) is 45.6 Å². The zero-order valence-corrected chi connectivity index (χ0v) is 8.05. The minimum atomic E-state index is -0.299. The third-order valence-electron chi connectivity index (χ3n) is 1.82. The Kier molecular flexibility index (Phi) is 5.72. The molecule has 0 bridgehead atoms. The maximum atomic E-state index is 10.4. The van der Waals surface area contributed by atoms with Gasteiger partial charge in [0.15, 0.2) is 0 Å². The van der Waals surface area contributed by atoms with E-state index >= 15 is 0 Å². The number of amides is 1. The molecule has 0 fully saturated rings. The van der Waals surface area contributed by atoms with Gasteiger partial charge in [-0.3, -0.25) is 4.79 Å². The lowest BCUT2D eigenvalue weighted by molar-refractivity contribution is -0.118. The molecule has 0 spiro atoms. The predicted octanol–water partition coefficient (Wildman–Crippen LogP) is 1.02. The molecule has 0 aliphatic heterocycles. The van der Waals surface area contributed by atoms with Crippen molar-refractivity contribution < 1.29 is 4.79 Å². The summed E-state index contributed by atoms with van der Waals surface area (Å²) in [6.07, 6.45) is 3.48. The maximum Gasteiger partial charge on any atom is 0.218 e. The average Bonchev–Trinajstić information content (AvgIpc) is 1.84. The quantitative estimate of drug-likeness (QED) is 0.628. The van der Waals surface area contributed by atoms with Gasteiger partial charge in [-0.1, -0.05) is 26.7 Å². The molecule has 0 aliphatic carbocycles. The van der Waals surface area contributed by atoms with Crippen LogP contribution in [0.3, 0.4) is 0 Å². The number of carbonyl (C=O) groups excluding carboxylic acids is 1. The Morgan fingerprint density at radius 3 is 2.33 bits per heavy atom. The standard InChI is InChI=1S/C9H20N2O/c1-7(2)4-3-5-8(10)6-9(11)12/h7-8H,3-6,10H2,1-2H3,(H2,11,12). The topological polar surface area (TPSA) is 69.1 Å². The van der Waals surface area contributed by atoms with E-state index in [1.165, 1.54) is 6.42 Å². The summed E-state index contributed by atoms with van der Waals surface area (Å²) in [5, 5.41) is 0. The van der Waals surface area contributed by atoms with Crippen molar-refractivity contribution >= 4 is 5.91 Å². The Morgan fingerprint density at radius 1 is 1.33 bits per heavy atom. The molecule has 0 saturated carbocycles. The number of rotatable bonds is 6. The summed E-state index contributed by atoms with van der Waals surface area (Å²) < 4.78 is 0. The van der Waals surface area contributed by atoms with E-state index in [9.17, 15) is 4.79 Å². The number of carbonyl (C=O) groups is 1. The summed E-state index contributed by atoms with van der Waals surface area (Å²) in [7, 11) is 0. The molecule has 12 heavy (non-hydrogen) atoms. The van der Waals surface area contributed by atoms with Gasteiger partial charge in [-0.2, -0.15) is 0 Å². The van der Waals surface area contributed by atoms with Crippen molar-refractivity contribution in [2.24, 2.45) is 17.4 Å². The molecule has 1 atom stereocenters. The molecule has 3 nitrogen and oxygen atoms in total. The van der Waals surface area contributed by atoms with E-state index in [-0.39, 0.29) is 11.9 Å². The Labute approximate surface area is 74.5 Å². The van der Waals surface area contributed by atoms with Crippen molar-refractivity contribution in [3.63, 3.8) is 0 Å². The number of hydrogen-bond donors (Lipinski definition) is 2. The molecule has 4 N–H and O–H groups in total. The second kappa shape index (κ2) is 6.00. The zero-order chi connectivity index (χ0) is 9.56. The fraction of sp³-hybridized carbons (Fsp3) is 0.889. The zero-order valence-electron chi connectivity index (χ0n) is 8.05. The lowest BCUT2D eigenvalue weighted by Crippen LogP contribution is -2.27. The Morgan fingerprint density at radius 2 is 1.92 bits per heavy atom. The highest BCUT2D eigenvalue weighted by Gasteiger charge is 2.06. The van der Waals surface area contributed by atoms with Gasteiger partial charge in [-0.15, -0.1) is 0 Å². The molecule has 1 amide bonds. The highest BCUT2D eigenvalue weighted by Crippen LogP contribution is 2.08. The third kappa shape index (κ3) is 7.54. The number of nitrogens with two attached hydrogens (primary N) is 2. The van der Waals surface area contributed by atoms with E-state index in [0.717, 1.165) is 12.8 Å². The monoisotopic (exact) mass is 172 g/mol. The predicted molar refractivity (Wildman–Crippen MR) is 50.5 cm³/mol. The van der Waals surface area contributed by atoms with Crippen molar-refractivity contribution in [1.29, 1.82) is 0 Å². The van der Waals surface area contributed by atoms with Crippen LogP contribution in [-0.2, 0) is 4.79 Å². The number of hydrogen-bond acceptors (Lipinski definition) is 2. The summed E-state index contributed by atoms with van der Waals surface area (Å²) in [6, 6.07) is -0.0405. The van der Waals surface area contributed by atoms with Gasteiger partial charge in [0.05, 0.1) is 0 Å². The molecule has 0 saturated heterocycles. The molecule has 72 valence electrons. The minimum absolute atomic E-state index is 0.0405. The highest BCUT2D eigenvalue weighted by molar-refractivity contribution is 5.74. The van der Waals surface area contributed by atoms with Crippen LogP contribution in [0.1, 0.15) is 39.5 Å². The van der Waals surface area contributed by atoms with E-state index in [1.54, 1.807) is 0 Å². The van der Waals surface area contributed by atoms with Gasteiger partial charge in [-0.25, -0.2) is 0 Å². The molecule has 0 aromatic rings. The molecule has 0 heterocycles. The Balaban J connectivity index is 3.31. The smallest absolute Gasteiger partial charge is 0.218 e. The fourth-order valence-corrected chi connectivity index (χ4v) is 1.15. The Hall–Kier alpha value is -0.570. The molecule has 0 aliphatic rings. The normalized spacial score (nSPS) is 13.3. The van der Waals surface area contributed by atoms with E-state index < -0.39 is 0 Å². The molecule has 3 heteroatoms. The van der Waals surface area contributed by atoms with E-state index in [4.69, 9.17) is 11.5 Å². The first-order valence-corrected chi connectivity index (χ1v) is 4.56. The van der Waals surface area contributed by atoms with Crippen LogP contribution in [0.2, 0.25) is 0 Å². The lowest BCUT2D eigenvalue weighted by atomic mass is 10.0. The summed E-state index contributed by atoms with van der Waals surface area (Å²) in [5.74, 6) is 0.415. The lowest BCUT2D eigenvalue weighted by Gasteiger charge is -2.09. The van der Waals surface area contributed by atoms with E-state index in [1.807, 2.05) is 0 Å². The fourth-order valence-electron chi connectivity index (χ4n) is 1.15. The van der Waals surface area contributed by atoms with Gasteiger partial charge >= 0.3 is 0 Å². The van der Waals surface area contributed by atoms with Crippen molar-refractivity contribution in [3.8, 4) is 0 Å². The van der Waals surface area contributed by atoms with Crippen LogP contribution in [-0.4, -0.2) is 11.9 Å². The second-order valence-electron chi connectivity index (χ2n) is 3.76. The molecule has 0 rings (SSSR count). The number of primary amides is 1. The van der Waals surface area contributed by atoms with Crippen molar-refractivity contribution in [2.75, 3.05) is 0 Å². The first-order chi connectivity index (χ1) is 5.52. The van der Waals surface area contributed by atoms with Gasteiger partial charge in [0.1, 0.15) is 0 Å². The van der Waals surface area contributed by atoms with E-state index in [2.05, 4.69) is 13.8 Å². The average molecular weight is 172 g/mol. The summed E-state index contributed by atoms with van der Waals surface area (Å²) in [4.78, 5) is 10.4. The molecular formula is C9H20N2O. The van der Waals surface area contributed by atoms with Crippen LogP contribution in [0.4, 0.5) is 0 Å². The van der Waals surface area contributed by atoms with Gasteiger partial charge in [0.25, 0.3) is 0 Å². The summed E-state index contributed by atoms with van der Waals surface area (Å²) in [5.41, 5.74) is 10.7. The largest absolute Gasteiger partial charge is 0.370 e. The second-order valence-corrected chi connectivity index (χ2v) is 3.76. The van der Waals surface area contributed by atoms with Gasteiger partial charge in [0, 0.05) is 12.5 Å². The summed E-state index contributed by atoms with van der Waals surface area (Å²) in [6.45, 7) is 4.36. The SMILES string of the molecule is CC(C)CCCC(N)CC(N)=O. The van der Waals surface area contributed by atoms with Crippen molar-refractivity contribution in [1.82, 2.24) is 0 Å². The van der Waals surface area contributed by atoms with Gasteiger partial charge in [0.2, 0.25) is 5.91 Å². The highest BCUT2D eigenvalue weighted by atomic mass is 16.1. The minimum Gasteiger partial charge on any atom is -0.370 e. The third-order valence-corrected chi connectivity index (χ3v) is 1.82. The first kappa shape index (κ1) is 11.4. The van der Waals surface area contributed by atoms with Crippen LogP contribution in [0.25, 0.3) is 0 Å². The van der Waals surface area contributed by atoms with Crippen LogP contribution >= 0.6 is 0 Å². The Bertz CT molecular complexity index is 134. The van der Waals surface area contributed by atoms with Gasteiger partial charge in [-0.05, 0) is 12.3 Å². The molecule has 0 radical (unpaired) electrons. The summed E-state index contributed by atoms with van der Waals surface area (Å²) >= 11 is 0.